The molecule has 1 aromatic rings. The summed E-state index contributed by atoms with van der Waals surface area (Å²) in [5.74, 6) is -10.8. The summed E-state index contributed by atoms with van der Waals surface area (Å²) in [5, 5.41) is 42.2. The molecule has 4 aliphatic rings. The first-order valence-electron chi connectivity index (χ1n) is 28.2. The van der Waals surface area contributed by atoms with Crippen LogP contribution in [0.4, 0.5) is 0 Å². The van der Waals surface area contributed by atoms with Crippen molar-refractivity contribution >= 4 is 101 Å². The van der Waals surface area contributed by atoms with Crippen molar-refractivity contribution < 1.29 is 77.3 Å². The summed E-state index contributed by atoms with van der Waals surface area (Å²) < 4.78 is 6.22. The number of hydrogen-bond acceptors (Lipinski definition) is 18. The number of carboxylic acids is 1. The summed E-state index contributed by atoms with van der Waals surface area (Å²) in [6, 6.07) is -7.21. The maximum atomic E-state index is 14.8. The molecule has 464 valence electrons. The van der Waals surface area contributed by atoms with E-state index >= 15 is 0 Å². The average Bonchev–Trinajstić information content (AvgIpc) is 4.29. The van der Waals surface area contributed by atoms with Crippen LogP contribution in [0, 0.1) is 5.92 Å². The molecular formula is C54H80N12O16S2. The smallest absolute Gasteiger partial charge is 0.305 e. The number of aliphatic carboxylic acids is 1. The summed E-state index contributed by atoms with van der Waals surface area (Å²) >= 11 is 2.46. The monoisotopic (exact) mass is 1220 g/mol. The number of rotatable bonds is 9. The lowest BCUT2D eigenvalue weighted by molar-refractivity contribution is -0.145. The molecule has 5 rings (SSSR count). The highest BCUT2D eigenvalue weighted by atomic mass is 32.2. The zero-order valence-corrected chi connectivity index (χ0v) is 49.4. The lowest BCUT2D eigenvalue weighted by Crippen LogP contribution is -2.62. The third kappa shape index (κ3) is 20.5. The van der Waals surface area contributed by atoms with Crippen molar-refractivity contribution in [1.29, 1.82) is 0 Å². The van der Waals surface area contributed by atoms with Crippen LogP contribution in [0.1, 0.15) is 116 Å². The van der Waals surface area contributed by atoms with Gasteiger partial charge in [-0.15, -0.1) is 0 Å². The van der Waals surface area contributed by atoms with Crippen molar-refractivity contribution in [3.8, 4) is 5.75 Å². The van der Waals surface area contributed by atoms with E-state index in [1.165, 1.54) is 47.2 Å². The van der Waals surface area contributed by atoms with Crippen LogP contribution in [-0.2, 0) is 73.9 Å². The van der Waals surface area contributed by atoms with E-state index in [9.17, 15) is 67.7 Å². The average molecular weight is 1220 g/mol. The number of fused-ring (bicyclic) bond motifs is 7. The van der Waals surface area contributed by atoms with E-state index in [-0.39, 0.29) is 68.4 Å². The topological polar surface area (TPSA) is 419 Å². The number of nitrogens with two attached hydrogens (primary N) is 2. The Hall–Kier alpha value is -7.21. The Morgan fingerprint density at radius 2 is 1.29 bits per heavy atom. The predicted octanol–water partition coefficient (Wildman–Crippen LogP) is -1.83. The number of amides is 11. The van der Waals surface area contributed by atoms with Gasteiger partial charge >= 0.3 is 5.97 Å². The minimum absolute atomic E-state index is 0.0362. The second-order valence-corrected chi connectivity index (χ2v) is 23.4. The number of nitrogens with zero attached hydrogens (tertiary/aromatic N) is 3. The second-order valence-electron chi connectivity index (χ2n) is 21.3. The molecule has 11 amide bonds. The lowest BCUT2D eigenvalue weighted by Gasteiger charge is -2.33. The van der Waals surface area contributed by atoms with Crippen LogP contribution in [0.25, 0.3) is 0 Å². The van der Waals surface area contributed by atoms with Crippen LogP contribution in [0.15, 0.2) is 23.4 Å². The first-order valence-corrected chi connectivity index (χ1v) is 30.6. The van der Waals surface area contributed by atoms with E-state index in [2.05, 4.69) is 42.4 Å². The largest absolute Gasteiger partial charge is 0.494 e. The summed E-state index contributed by atoms with van der Waals surface area (Å²) in [5.41, 5.74) is 12.7. The Labute approximate surface area is 495 Å². The Morgan fingerprint density at radius 1 is 0.690 bits per heavy atom. The number of thioether (sulfide) groups is 2. The highest BCUT2D eigenvalue weighted by Crippen LogP contribution is 2.27. The van der Waals surface area contributed by atoms with Crippen molar-refractivity contribution in [1.82, 2.24) is 47.0 Å². The Balaban J connectivity index is 1.54. The maximum absolute atomic E-state index is 14.8. The molecule has 30 heteroatoms. The van der Waals surface area contributed by atoms with Crippen LogP contribution < -0.4 is 53.4 Å². The van der Waals surface area contributed by atoms with E-state index in [4.69, 9.17) is 21.0 Å². The van der Waals surface area contributed by atoms with Crippen molar-refractivity contribution in [3.63, 3.8) is 0 Å². The van der Waals surface area contributed by atoms with Gasteiger partial charge in [0, 0.05) is 42.5 Å². The molecule has 0 unspecified atom stereocenters. The molecule has 4 heterocycles. The van der Waals surface area contributed by atoms with Gasteiger partial charge in [-0.2, -0.15) is 23.5 Å². The van der Waals surface area contributed by atoms with E-state index < -0.39 is 144 Å². The normalized spacial score (nSPS) is 27.9. The third-order valence-corrected chi connectivity index (χ3v) is 16.9. The van der Waals surface area contributed by atoms with Crippen LogP contribution in [0.5, 0.6) is 5.75 Å². The summed E-state index contributed by atoms with van der Waals surface area (Å²) in [4.78, 5) is 171. The van der Waals surface area contributed by atoms with Gasteiger partial charge in [-0.25, -0.2) is 0 Å². The number of aliphatic hydroxyl groups is 1. The number of benzene rings is 1. The van der Waals surface area contributed by atoms with Crippen molar-refractivity contribution in [2.45, 2.75) is 177 Å². The number of carbonyl (C=O) groups excluding carboxylic acids is 11. The number of carboxylic acid groups (broad SMARTS) is 1. The third-order valence-electron chi connectivity index (χ3n) is 14.6. The van der Waals surface area contributed by atoms with E-state index in [1.807, 2.05) is 18.2 Å². The molecule has 2 fully saturated rings. The Bertz CT molecular complexity index is 2600. The molecule has 0 aliphatic carbocycles. The molecule has 4 aliphatic heterocycles. The molecule has 13 N–H and O–H groups in total. The Morgan fingerprint density at radius 3 is 1.89 bits per heavy atom. The molecule has 11 atom stereocenters. The molecule has 0 saturated carbocycles. The fourth-order valence-electron chi connectivity index (χ4n) is 9.82. The molecule has 84 heavy (non-hydrogen) atoms. The van der Waals surface area contributed by atoms with E-state index in [0.717, 1.165) is 24.6 Å². The minimum atomic E-state index is -1.80. The van der Waals surface area contributed by atoms with Gasteiger partial charge in [-0.05, 0) is 101 Å². The van der Waals surface area contributed by atoms with Gasteiger partial charge in [0.1, 0.15) is 72.9 Å². The van der Waals surface area contributed by atoms with Gasteiger partial charge in [-0.1, -0.05) is 31.5 Å². The van der Waals surface area contributed by atoms with Crippen LogP contribution in [0.3, 0.4) is 0 Å². The van der Waals surface area contributed by atoms with E-state index in [1.54, 1.807) is 13.8 Å². The SMILES string of the molecule is CC[C@H](C)[C@@H]1NC(=O)[C@H](CC(=O)O)NC(=O)[C@H](C)NC(=O)[C@@H]2CCCN2C(=O)[C@@H]2CSCc3cc(cc(c3)OCCCCCCO/N=C/C(=O)N[C@@H](CCC(N)=O)C(=O)N2)CSC[C@@H](C(N)=O)NC(=O)[C@H]([C@@H](C)O)NC(=O)[C@@H]2CCCN2C1=O. The lowest BCUT2D eigenvalue weighted by atomic mass is 9.96. The molecule has 0 aromatic heterocycles. The number of hydrogen-bond donors (Lipinski definition) is 11. The number of oxime groups is 1. The first kappa shape index (κ1) is 67.6. The van der Waals surface area contributed by atoms with Crippen molar-refractivity contribution in [3.05, 3.63) is 29.3 Å². The van der Waals surface area contributed by atoms with Gasteiger partial charge in [0.15, 0.2) is 0 Å². The standard InChI is InChI=1S/C54H80N12O16S2/c1-5-29(2)44-54(80)66-17-11-13-40(66)51(77)64-45(31(4)67)52(78)61-37(46(56)72)27-83-25-32-20-33-22-34(21-32)81-18-8-6-7-9-19-82-57-24-42(69)59-35(14-15-41(55)68)48(74)62-38(28-84-26-33)53(79)65-16-10-12-39(65)50(76)58-30(3)47(73)60-36(23-43(70)71)49(75)63-44/h20-22,24,29-31,35-40,44-45,67H,5-19,23,25-28H2,1-4H3,(H2,55,68)(H2,56,72)(H,58,76)(H,59,69)(H,60,73)(H,61,78)(H,62,74)(H,63,75)(H,64,77)(H,70,71)/b57-24+/t29-,30-,31+,35-,36-,37-,38-,39-,40-,44-,45-/m0/s1. The quantitative estimate of drug-likeness (QED) is 0.130. The molecule has 0 radical (unpaired) electrons. The molecular weight excluding hydrogens is 1140 g/mol. The second kappa shape index (κ2) is 33.3. The minimum Gasteiger partial charge on any atom is -0.494 e. The van der Waals surface area contributed by atoms with Gasteiger partial charge < -0.3 is 78.3 Å². The van der Waals surface area contributed by atoms with Gasteiger partial charge in [0.2, 0.25) is 59.1 Å². The highest BCUT2D eigenvalue weighted by Gasteiger charge is 2.43. The maximum Gasteiger partial charge on any atom is 0.305 e. The van der Waals surface area contributed by atoms with Gasteiger partial charge in [0.05, 0.1) is 19.1 Å². The first-order chi connectivity index (χ1) is 40.0. The fraction of sp³-hybridized carbons (Fsp3) is 0.648. The van der Waals surface area contributed by atoms with Crippen LogP contribution in [-0.4, -0.2) is 195 Å². The van der Waals surface area contributed by atoms with E-state index in [0.29, 0.717) is 50.0 Å². The van der Waals surface area contributed by atoms with Crippen molar-refractivity contribution in [2.75, 3.05) is 37.8 Å². The van der Waals surface area contributed by atoms with Crippen LogP contribution in [0.2, 0.25) is 0 Å². The zero-order chi connectivity index (χ0) is 61.6. The molecule has 0 spiro atoms. The van der Waals surface area contributed by atoms with Crippen molar-refractivity contribution in [2.24, 2.45) is 22.5 Å². The summed E-state index contributed by atoms with van der Waals surface area (Å²) in [6.07, 6.45) is 1.72. The summed E-state index contributed by atoms with van der Waals surface area (Å²) in [7, 11) is 0. The van der Waals surface area contributed by atoms with Crippen LogP contribution >= 0.6 is 23.5 Å². The predicted molar refractivity (Wildman–Crippen MR) is 307 cm³/mol. The molecule has 28 nitrogen and oxygen atoms in total. The molecule has 2 saturated heterocycles. The molecule has 4 bridgehead atoms. The van der Waals surface area contributed by atoms with Gasteiger partial charge in [0.25, 0.3) is 5.91 Å². The number of carbonyl (C=O) groups is 12. The zero-order valence-electron chi connectivity index (χ0n) is 47.7. The summed E-state index contributed by atoms with van der Waals surface area (Å²) in [6.45, 7) is 6.48. The Kier molecular flexibility index (Phi) is 26.8. The number of aliphatic hydroxyl groups excluding tert-OH is 1. The number of nitrogens with one attached hydrogen (secondary N) is 7. The fourth-order valence-corrected chi connectivity index (χ4v) is 11.8. The van der Waals surface area contributed by atoms with Gasteiger partial charge in [-0.3, -0.25) is 57.5 Å². The highest BCUT2D eigenvalue weighted by molar-refractivity contribution is 7.98. The molecule has 1 aromatic carbocycles. The number of primary amides is 2. The number of ether oxygens (including phenoxy) is 1.